The number of ether oxygens (including phenoxy) is 1. The number of thioether (sulfide) groups is 1. The topological polar surface area (TPSA) is 75.7 Å². The number of esters is 1. The summed E-state index contributed by atoms with van der Waals surface area (Å²) >= 11 is 0.302. The summed E-state index contributed by atoms with van der Waals surface area (Å²) in [5.41, 5.74) is 0.521. The smallest absolute Gasteiger partial charge is 0.311 e. The Kier molecular flexibility index (Phi) is 8.15. The molecule has 0 saturated carbocycles. The normalized spacial score (nSPS) is 16.0. The highest BCUT2D eigenvalue weighted by Gasteiger charge is 2.30. The average molecular weight is 466 g/mol. The molecule has 32 heavy (non-hydrogen) atoms. The number of hydrogen-bond acceptors (Lipinski definition) is 5. The van der Waals surface area contributed by atoms with Crippen LogP contribution in [0.5, 0.6) is 0 Å². The van der Waals surface area contributed by atoms with Crippen LogP contribution >= 0.6 is 11.8 Å². The Morgan fingerprint density at radius 1 is 1.12 bits per heavy atom. The number of piperidine rings is 1. The molecule has 0 aliphatic carbocycles. The first-order valence-corrected chi connectivity index (χ1v) is 10.8. The molecule has 2 amide bonds. The predicted octanol–water partition coefficient (Wildman–Crippen LogP) is 4.17. The number of nitrogens with zero attached hydrogens (tertiary/aromatic N) is 1. The lowest BCUT2D eigenvalue weighted by molar-refractivity contribution is -0.152. The monoisotopic (exact) mass is 466 g/mol. The molecule has 170 valence electrons. The quantitative estimate of drug-likeness (QED) is 0.490. The molecule has 1 N–H and O–H groups in total. The third kappa shape index (κ3) is 6.49. The van der Waals surface area contributed by atoms with E-state index in [0.29, 0.717) is 36.7 Å². The van der Waals surface area contributed by atoms with Crippen LogP contribution in [-0.4, -0.2) is 48.1 Å². The second-order valence-electron chi connectivity index (χ2n) is 7.13. The van der Waals surface area contributed by atoms with Gasteiger partial charge in [-0.3, -0.25) is 14.4 Å². The van der Waals surface area contributed by atoms with Crippen molar-refractivity contribution in [2.45, 2.75) is 23.5 Å². The van der Waals surface area contributed by atoms with Crippen molar-refractivity contribution in [3.8, 4) is 0 Å². The number of likely N-dealkylation sites (tertiary alicyclic amines) is 1. The number of hydrogen-bond donors (Lipinski definition) is 1. The largest absolute Gasteiger partial charge is 0.455 e. The van der Waals surface area contributed by atoms with E-state index < -0.39 is 36.0 Å². The highest BCUT2D eigenvalue weighted by atomic mass is 32.2. The maximum absolute atomic E-state index is 13.1. The summed E-state index contributed by atoms with van der Waals surface area (Å²) in [6.07, 6.45) is 1.08. The number of alkyl halides is 2. The molecule has 2 aromatic carbocycles. The zero-order chi connectivity index (χ0) is 23.1. The first-order chi connectivity index (χ1) is 15.3. The average Bonchev–Trinajstić information content (AvgIpc) is 2.78. The number of halogens is 3. The van der Waals surface area contributed by atoms with Gasteiger partial charge in [0.1, 0.15) is 5.82 Å². The van der Waals surface area contributed by atoms with Gasteiger partial charge in [-0.25, -0.2) is 4.39 Å². The molecular formula is C22H21F3N2O4S. The summed E-state index contributed by atoms with van der Waals surface area (Å²) in [5.74, 6) is -5.27. The minimum Gasteiger partial charge on any atom is -0.455 e. The maximum Gasteiger partial charge on any atom is 0.311 e. The van der Waals surface area contributed by atoms with Crippen molar-refractivity contribution in [3.05, 3.63) is 59.9 Å². The molecule has 0 spiro atoms. The van der Waals surface area contributed by atoms with Crippen molar-refractivity contribution in [2.24, 2.45) is 5.92 Å². The third-order valence-corrected chi connectivity index (χ3v) is 5.64. The van der Waals surface area contributed by atoms with Crippen LogP contribution in [0.2, 0.25) is 0 Å². The summed E-state index contributed by atoms with van der Waals surface area (Å²) in [7, 11) is 0. The SMILES string of the molecule is O=C(COC(=O)C1CCCN(C(=O)c2ccc(F)cc2)C1)Nc1ccccc1SC(F)F. The Balaban J connectivity index is 1.52. The minimum atomic E-state index is -2.64. The van der Waals surface area contributed by atoms with Gasteiger partial charge in [0.15, 0.2) is 6.61 Å². The van der Waals surface area contributed by atoms with Crippen LogP contribution in [0.15, 0.2) is 53.4 Å². The van der Waals surface area contributed by atoms with Gasteiger partial charge in [-0.2, -0.15) is 8.78 Å². The molecule has 1 saturated heterocycles. The van der Waals surface area contributed by atoms with Crippen LogP contribution in [0, 0.1) is 11.7 Å². The van der Waals surface area contributed by atoms with Gasteiger partial charge < -0.3 is 15.0 Å². The molecule has 1 atom stereocenters. The predicted molar refractivity (Wildman–Crippen MR) is 113 cm³/mol. The number of carbonyl (C=O) groups excluding carboxylic acids is 3. The van der Waals surface area contributed by atoms with Gasteiger partial charge in [0, 0.05) is 23.5 Å². The number of nitrogens with one attached hydrogen (secondary N) is 1. The Bertz CT molecular complexity index is 972. The van der Waals surface area contributed by atoms with Crippen LogP contribution in [0.4, 0.5) is 18.9 Å². The fourth-order valence-electron chi connectivity index (χ4n) is 3.34. The molecule has 1 unspecified atom stereocenters. The van der Waals surface area contributed by atoms with Crippen molar-refractivity contribution >= 4 is 35.2 Å². The van der Waals surface area contributed by atoms with Crippen molar-refractivity contribution in [2.75, 3.05) is 25.0 Å². The summed E-state index contributed by atoms with van der Waals surface area (Å²) < 4.78 is 43.5. The number of amides is 2. The van der Waals surface area contributed by atoms with Gasteiger partial charge >= 0.3 is 5.97 Å². The zero-order valence-electron chi connectivity index (χ0n) is 16.9. The molecular weight excluding hydrogens is 445 g/mol. The molecule has 6 nitrogen and oxygen atoms in total. The lowest BCUT2D eigenvalue weighted by Gasteiger charge is -2.31. The van der Waals surface area contributed by atoms with Crippen LogP contribution in [0.1, 0.15) is 23.2 Å². The second-order valence-corrected chi connectivity index (χ2v) is 8.16. The van der Waals surface area contributed by atoms with Gasteiger partial charge in [-0.05, 0) is 49.2 Å². The van der Waals surface area contributed by atoms with E-state index in [-0.39, 0.29) is 23.0 Å². The standard InChI is InChI=1S/C22H21F3N2O4S/c23-16-9-7-14(8-10-16)20(29)27-11-3-4-15(12-27)21(30)31-13-19(28)26-17-5-1-2-6-18(17)32-22(24)25/h1-2,5-10,15,22H,3-4,11-13H2,(H,26,28). The number of anilines is 1. The number of benzene rings is 2. The van der Waals surface area contributed by atoms with E-state index >= 15 is 0 Å². The van der Waals surface area contributed by atoms with Gasteiger partial charge in [0.25, 0.3) is 17.6 Å². The molecule has 0 radical (unpaired) electrons. The van der Waals surface area contributed by atoms with E-state index in [9.17, 15) is 27.6 Å². The summed E-state index contributed by atoms with van der Waals surface area (Å²) in [4.78, 5) is 38.9. The van der Waals surface area contributed by atoms with E-state index in [4.69, 9.17) is 4.74 Å². The van der Waals surface area contributed by atoms with E-state index in [1.165, 1.54) is 41.3 Å². The highest BCUT2D eigenvalue weighted by Crippen LogP contribution is 2.31. The summed E-state index contributed by atoms with van der Waals surface area (Å²) in [6.45, 7) is 0.0124. The first-order valence-electron chi connectivity index (χ1n) is 9.88. The van der Waals surface area contributed by atoms with E-state index in [1.54, 1.807) is 12.1 Å². The van der Waals surface area contributed by atoms with Crippen LogP contribution in [0.3, 0.4) is 0 Å². The highest BCUT2D eigenvalue weighted by molar-refractivity contribution is 7.99. The molecule has 2 aromatic rings. The van der Waals surface area contributed by atoms with Crippen molar-refractivity contribution < 1.29 is 32.3 Å². The molecule has 1 fully saturated rings. The molecule has 10 heteroatoms. The van der Waals surface area contributed by atoms with E-state index in [2.05, 4.69) is 5.32 Å². The fraction of sp³-hybridized carbons (Fsp3) is 0.318. The van der Waals surface area contributed by atoms with Gasteiger partial charge in [-0.1, -0.05) is 23.9 Å². The molecule has 3 rings (SSSR count). The summed E-state index contributed by atoms with van der Waals surface area (Å²) in [6, 6.07) is 11.2. The van der Waals surface area contributed by atoms with Gasteiger partial charge in [-0.15, -0.1) is 0 Å². The third-order valence-electron chi connectivity index (χ3n) is 4.86. The lowest BCUT2D eigenvalue weighted by Crippen LogP contribution is -2.43. The number of carbonyl (C=O) groups is 3. The van der Waals surface area contributed by atoms with Crippen LogP contribution in [-0.2, 0) is 14.3 Å². The zero-order valence-corrected chi connectivity index (χ0v) is 17.7. The van der Waals surface area contributed by atoms with Crippen molar-refractivity contribution in [1.82, 2.24) is 4.90 Å². The molecule has 1 aliphatic heterocycles. The number of para-hydroxylation sites is 1. The molecule has 1 heterocycles. The Morgan fingerprint density at radius 3 is 2.56 bits per heavy atom. The van der Waals surface area contributed by atoms with E-state index in [0.717, 1.165) is 0 Å². The van der Waals surface area contributed by atoms with Gasteiger partial charge in [0.05, 0.1) is 11.6 Å². The maximum atomic E-state index is 13.1. The van der Waals surface area contributed by atoms with Gasteiger partial charge in [0.2, 0.25) is 0 Å². The molecule has 1 aliphatic rings. The van der Waals surface area contributed by atoms with Crippen LogP contribution < -0.4 is 5.32 Å². The van der Waals surface area contributed by atoms with Crippen molar-refractivity contribution in [3.63, 3.8) is 0 Å². The Labute approximate surface area is 187 Å². The van der Waals surface area contributed by atoms with Crippen molar-refractivity contribution in [1.29, 1.82) is 0 Å². The minimum absolute atomic E-state index is 0.129. The Morgan fingerprint density at radius 2 is 1.84 bits per heavy atom. The molecule has 0 bridgehead atoms. The lowest BCUT2D eigenvalue weighted by atomic mass is 9.97. The summed E-state index contributed by atoms with van der Waals surface area (Å²) in [5, 5.41) is 2.46. The fourth-order valence-corrected chi connectivity index (χ4v) is 3.93. The van der Waals surface area contributed by atoms with Crippen LogP contribution in [0.25, 0.3) is 0 Å². The Hall–Kier alpha value is -3.01. The molecule has 0 aromatic heterocycles. The van der Waals surface area contributed by atoms with E-state index in [1.807, 2.05) is 0 Å². The number of rotatable bonds is 7. The second kappa shape index (κ2) is 11.0. The first kappa shape index (κ1) is 23.6.